The summed E-state index contributed by atoms with van der Waals surface area (Å²) in [5, 5.41) is 2.77. The molecular weight excluding hydrogens is 246 g/mol. The lowest BCUT2D eigenvalue weighted by atomic mass is 9.84. The SMILES string of the molecule is COC(=O)N[C@@H]([C@H](C)OC)C(C)(C)C.S.S. The van der Waals surface area contributed by atoms with Crippen molar-refractivity contribution in [1.82, 2.24) is 5.32 Å². The van der Waals surface area contributed by atoms with Crippen molar-refractivity contribution in [1.29, 1.82) is 0 Å². The summed E-state index contributed by atoms with van der Waals surface area (Å²) in [6.45, 7) is 8.06. The first-order chi connectivity index (χ1) is 6.32. The second kappa shape index (κ2) is 9.01. The lowest BCUT2D eigenvalue weighted by Gasteiger charge is -2.34. The molecule has 100 valence electrons. The van der Waals surface area contributed by atoms with Gasteiger partial charge in [0.25, 0.3) is 0 Å². The average molecular weight is 271 g/mol. The molecule has 0 saturated heterocycles. The molecule has 16 heavy (non-hydrogen) atoms. The van der Waals surface area contributed by atoms with Crippen molar-refractivity contribution in [3.63, 3.8) is 0 Å². The molecule has 0 aliphatic carbocycles. The number of alkyl carbamates (subject to hydrolysis) is 1. The molecule has 1 N–H and O–H groups in total. The van der Waals surface area contributed by atoms with Gasteiger partial charge in [-0.15, -0.1) is 0 Å². The molecule has 0 bridgehead atoms. The van der Waals surface area contributed by atoms with Crippen LogP contribution in [0.1, 0.15) is 27.7 Å². The minimum absolute atomic E-state index is 0. The molecule has 4 nitrogen and oxygen atoms in total. The Balaban J connectivity index is -0.000000845. The normalized spacial score (nSPS) is 13.9. The Bertz CT molecular complexity index is 195. The molecule has 0 fully saturated rings. The van der Waals surface area contributed by atoms with Crippen molar-refractivity contribution in [2.75, 3.05) is 14.2 Å². The number of rotatable bonds is 3. The summed E-state index contributed by atoms with van der Waals surface area (Å²) < 4.78 is 9.78. The summed E-state index contributed by atoms with van der Waals surface area (Å²) in [5.41, 5.74) is -0.0659. The minimum Gasteiger partial charge on any atom is -0.453 e. The highest BCUT2D eigenvalue weighted by molar-refractivity contribution is 7.59. The molecule has 0 heterocycles. The Morgan fingerprint density at radius 2 is 1.62 bits per heavy atom. The largest absolute Gasteiger partial charge is 0.453 e. The third-order valence-electron chi connectivity index (χ3n) is 2.23. The van der Waals surface area contributed by atoms with Gasteiger partial charge in [-0.1, -0.05) is 20.8 Å². The van der Waals surface area contributed by atoms with E-state index in [2.05, 4.69) is 10.1 Å². The lowest BCUT2D eigenvalue weighted by molar-refractivity contribution is 0.0401. The van der Waals surface area contributed by atoms with Gasteiger partial charge in [0, 0.05) is 7.11 Å². The highest BCUT2D eigenvalue weighted by Gasteiger charge is 2.31. The van der Waals surface area contributed by atoms with Gasteiger partial charge in [0.15, 0.2) is 0 Å². The molecule has 0 aliphatic rings. The maximum absolute atomic E-state index is 11.1. The summed E-state index contributed by atoms with van der Waals surface area (Å²) >= 11 is 0. The van der Waals surface area contributed by atoms with E-state index in [9.17, 15) is 4.79 Å². The van der Waals surface area contributed by atoms with Gasteiger partial charge in [-0.25, -0.2) is 4.79 Å². The Morgan fingerprint density at radius 3 is 1.88 bits per heavy atom. The number of nitrogens with one attached hydrogen (secondary N) is 1. The molecule has 0 radical (unpaired) electrons. The fourth-order valence-electron chi connectivity index (χ4n) is 1.36. The summed E-state index contributed by atoms with van der Waals surface area (Å²) in [6, 6.07) is -0.0695. The topological polar surface area (TPSA) is 47.6 Å². The van der Waals surface area contributed by atoms with Crippen LogP contribution in [0.3, 0.4) is 0 Å². The van der Waals surface area contributed by atoms with Crippen molar-refractivity contribution in [3.05, 3.63) is 0 Å². The van der Waals surface area contributed by atoms with Crippen LogP contribution in [0.25, 0.3) is 0 Å². The molecular formula is C10H25NO3S2. The first-order valence-electron chi connectivity index (χ1n) is 4.70. The van der Waals surface area contributed by atoms with Crippen LogP contribution < -0.4 is 5.32 Å². The summed E-state index contributed by atoms with van der Waals surface area (Å²) in [4.78, 5) is 11.1. The Kier molecular flexibility index (Phi) is 12.0. The first-order valence-corrected chi connectivity index (χ1v) is 4.70. The molecule has 0 unspecified atom stereocenters. The van der Waals surface area contributed by atoms with Crippen LogP contribution in [0.5, 0.6) is 0 Å². The summed E-state index contributed by atoms with van der Waals surface area (Å²) in [7, 11) is 2.98. The van der Waals surface area contributed by atoms with Gasteiger partial charge in [0.1, 0.15) is 0 Å². The average Bonchev–Trinajstić information content (AvgIpc) is 2.10. The van der Waals surface area contributed by atoms with Gasteiger partial charge in [0.2, 0.25) is 0 Å². The molecule has 2 atom stereocenters. The second-order valence-corrected chi connectivity index (χ2v) is 4.42. The molecule has 6 heteroatoms. The van der Waals surface area contributed by atoms with Gasteiger partial charge >= 0.3 is 6.09 Å². The van der Waals surface area contributed by atoms with Crippen LogP contribution in [0, 0.1) is 5.41 Å². The zero-order valence-corrected chi connectivity index (χ0v) is 12.9. The van der Waals surface area contributed by atoms with Crippen LogP contribution in [0.4, 0.5) is 4.79 Å². The lowest BCUT2D eigenvalue weighted by Crippen LogP contribution is -2.50. The van der Waals surface area contributed by atoms with Crippen molar-refractivity contribution in [2.24, 2.45) is 5.41 Å². The number of carbonyl (C=O) groups excluding carboxylic acids is 1. The van der Waals surface area contributed by atoms with Gasteiger partial charge in [0.05, 0.1) is 19.3 Å². The van der Waals surface area contributed by atoms with E-state index in [1.807, 2.05) is 27.7 Å². The van der Waals surface area contributed by atoms with E-state index in [1.165, 1.54) is 7.11 Å². The van der Waals surface area contributed by atoms with E-state index in [1.54, 1.807) is 7.11 Å². The van der Waals surface area contributed by atoms with E-state index < -0.39 is 6.09 Å². The number of hydrogen-bond acceptors (Lipinski definition) is 3. The third kappa shape index (κ3) is 7.24. The van der Waals surface area contributed by atoms with Crippen LogP contribution in [0.2, 0.25) is 0 Å². The fraction of sp³-hybridized carbons (Fsp3) is 0.900. The Morgan fingerprint density at radius 1 is 1.19 bits per heavy atom. The van der Waals surface area contributed by atoms with Crippen molar-refractivity contribution < 1.29 is 14.3 Å². The van der Waals surface area contributed by atoms with Gasteiger partial charge in [-0.2, -0.15) is 27.0 Å². The van der Waals surface area contributed by atoms with Crippen LogP contribution >= 0.6 is 27.0 Å². The van der Waals surface area contributed by atoms with Gasteiger partial charge in [-0.3, -0.25) is 0 Å². The van der Waals surface area contributed by atoms with E-state index in [4.69, 9.17) is 4.74 Å². The number of carbonyl (C=O) groups is 1. The molecule has 1 amide bonds. The first kappa shape index (κ1) is 21.2. The zero-order valence-electron chi connectivity index (χ0n) is 10.9. The molecule has 0 saturated carbocycles. The van der Waals surface area contributed by atoms with Crippen LogP contribution in [-0.2, 0) is 9.47 Å². The van der Waals surface area contributed by atoms with Gasteiger partial charge < -0.3 is 14.8 Å². The Hall–Kier alpha value is -0.0700. The van der Waals surface area contributed by atoms with Crippen molar-refractivity contribution >= 4 is 33.1 Å². The monoisotopic (exact) mass is 271 g/mol. The molecule has 0 rings (SSSR count). The third-order valence-corrected chi connectivity index (χ3v) is 2.23. The van der Waals surface area contributed by atoms with E-state index in [0.717, 1.165) is 0 Å². The number of methoxy groups -OCH3 is 2. The zero-order chi connectivity index (χ0) is 11.4. The minimum atomic E-state index is -0.422. The van der Waals surface area contributed by atoms with E-state index in [0.29, 0.717) is 0 Å². The van der Waals surface area contributed by atoms with Gasteiger partial charge in [-0.05, 0) is 12.3 Å². The molecule has 0 aromatic heterocycles. The van der Waals surface area contributed by atoms with Crippen molar-refractivity contribution in [3.8, 4) is 0 Å². The second-order valence-electron chi connectivity index (χ2n) is 4.42. The fourth-order valence-corrected chi connectivity index (χ4v) is 1.36. The maximum Gasteiger partial charge on any atom is 0.407 e. The van der Waals surface area contributed by atoms with Crippen LogP contribution in [-0.4, -0.2) is 32.5 Å². The van der Waals surface area contributed by atoms with Crippen LogP contribution in [0.15, 0.2) is 0 Å². The highest BCUT2D eigenvalue weighted by Crippen LogP contribution is 2.23. The number of hydrogen-bond donors (Lipinski definition) is 1. The Labute approximate surface area is 112 Å². The quantitative estimate of drug-likeness (QED) is 0.854. The summed E-state index contributed by atoms with van der Waals surface area (Å²) in [6.07, 6.45) is -0.470. The van der Waals surface area contributed by atoms with Crippen molar-refractivity contribution in [2.45, 2.75) is 39.8 Å². The maximum atomic E-state index is 11.1. The van der Waals surface area contributed by atoms with E-state index in [-0.39, 0.29) is 44.6 Å². The predicted octanol–water partition coefficient (Wildman–Crippen LogP) is 2.02. The predicted molar refractivity (Wildman–Crippen MR) is 76.0 cm³/mol. The molecule has 0 aliphatic heterocycles. The standard InChI is InChI=1S/C10H21NO3.2H2S/c1-7(13-5)8(10(2,3)4)11-9(12)14-6;;/h7-8H,1-6H3,(H,11,12);2*1H2/t7-,8-;;/m0../s1. The highest BCUT2D eigenvalue weighted by atomic mass is 32.1. The number of amides is 1. The molecule has 0 spiro atoms. The number of ether oxygens (including phenoxy) is 2. The smallest absolute Gasteiger partial charge is 0.407 e. The van der Waals surface area contributed by atoms with E-state index >= 15 is 0 Å². The summed E-state index contributed by atoms with van der Waals surface area (Å²) in [5.74, 6) is 0. The molecule has 0 aromatic carbocycles. The molecule has 0 aromatic rings.